The molecule has 2 heteroatoms. The molecule has 0 saturated carbocycles. The summed E-state index contributed by atoms with van der Waals surface area (Å²) in [7, 11) is 0. The second kappa shape index (κ2) is 6.68. The van der Waals surface area contributed by atoms with Gasteiger partial charge in [-0.3, -0.25) is 0 Å². The van der Waals surface area contributed by atoms with Gasteiger partial charge in [0.25, 0.3) is 0 Å². The molecule has 0 fully saturated rings. The van der Waals surface area contributed by atoms with Crippen LogP contribution in [0.5, 0.6) is 5.75 Å². The number of hydrogen-bond donors (Lipinski definition) is 1. The van der Waals surface area contributed by atoms with Gasteiger partial charge in [-0.1, -0.05) is 40.7 Å². The molecule has 0 heterocycles. The first-order valence-electron chi connectivity index (χ1n) is 8.82. The molecule has 2 nitrogen and oxygen atoms in total. The zero-order valence-corrected chi connectivity index (χ0v) is 15.6. The number of rotatable bonds is 5. The van der Waals surface area contributed by atoms with E-state index in [2.05, 4.69) is 52.8 Å². The van der Waals surface area contributed by atoms with Gasteiger partial charge in [0.05, 0.1) is 6.61 Å². The van der Waals surface area contributed by atoms with Gasteiger partial charge in [0.2, 0.25) is 0 Å². The highest BCUT2D eigenvalue weighted by molar-refractivity contribution is 5.76. The second-order valence-corrected chi connectivity index (χ2v) is 8.22. The average Bonchev–Trinajstić information content (AvgIpc) is 2.44. The van der Waals surface area contributed by atoms with Gasteiger partial charge in [-0.05, 0) is 71.4 Å². The Morgan fingerprint density at radius 2 is 1.91 bits per heavy atom. The largest absolute Gasteiger partial charge is 0.494 e. The van der Waals surface area contributed by atoms with Crippen LogP contribution in [-0.2, 0) is 11.8 Å². The van der Waals surface area contributed by atoms with Crippen molar-refractivity contribution in [3.63, 3.8) is 0 Å². The van der Waals surface area contributed by atoms with Gasteiger partial charge in [-0.15, -0.1) is 0 Å². The summed E-state index contributed by atoms with van der Waals surface area (Å²) in [6.07, 6.45) is 5.11. The summed E-state index contributed by atoms with van der Waals surface area (Å²) in [5.41, 5.74) is 5.66. The minimum Gasteiger partial charge on any atom is -0.494 e. The third-order valence-corrected chi connectivity index (χ3v) is 4.75. The van der Waals surface area contributed by atoms with E-state index in [1.54, 1.807) is 0 Å². The molecule has 0 amide bonds. The second-order valence-electron chi connectivity index (χ2n) is 8.22. The maximum Gasteiger partial charge on any atom is 0.122 e. The molecule has 0 atom stereocenters. The minimum absolute atomic E-state index is 0.130. The van der Waals surface area contributed by atoms with E-state index in [1.165, 1.54) is 22.3 Å². The smallest absolute Gasteiger partial charge is 0.122 e. The van der Waals surface area contributed by atoms with Gasteiger partial charge in [-0.2, -0.15) is 0 Å². The third-order valence-electron chi connectivity index (χ3n) is 4.75. The van der Waals surface area contributed by atoms with Crippen LogP contribution in [0.15, 0.2) is 18.2 Å². The Bertz CT molecular complexity index is 589. The van der Waals surface area contributed by atoms with E-state index < -0.39 is 0 Å². The van der Waals surface area contributed by atoms with Crippen LogP contribution >= 0.6 is 0 Å². The van der Waals surface area contributed by atoms with Gasteiger partial charge in [0.15, 0.2) is 0 Å². The Morgan fingerprint density at radius 1 is 1.22 bits per heavy atom. The maximum atomic E-state index is 9.20. The fourth-order valence-corrected chi connectivity index (χ4v) is 3.45. The lowest BCUT2D eigenvalue weighted by Gasteiger charge is -2.37. The minimum atomic E-state index is 0.130. The lowest BCUT2D eigenvalue weighted by atomic mass is 9.68. The number of allylic oxidation sites excluding steroid dienone is 2. The molecule has 0 aromatic heterocycles. The number of hydrogen-bond acceptors (Lipinski definition) is 2. The lowest BCUT2D eigenvalue weighted by Crippen LogP contribution is -2.25. The van der Waals surface area contributed by atoms with Crippen molar-refractivity contribution < 1.29 is 9.84 Å². The molecule has 1 aromatic carbocycles. The van der Waals surface area contributed by atoms with Crippen LogP contribution in [-0.4, -0.2) is 18.3 Å². The van der Waals surface area contributed by atoms with Crippen molar-refractivity contribution in [1.29, 1.82) is 0 Å². The molecule has 0 unspecified atom stereocenters. The number of aliphatic hydroxyl groups is 1. The van der Waals surface area contributed by atoms with Crippen molar-refractivity contribution in [3.8, 4) is 5.75 Å². The molecule has 2 rings (SSSR count). The molecule has 23 heavy (non-hydrogen) atoms. The number of benzene rings is 1. The van der Waals surface area contributed by atoms with E-state index in [-0.39, 0.29) is 17.4 Å². The topological polar surface area (TPSA) is 29.5 Å². The molecule has 0 radical (unpaired) electrons. The van der Waals surface area contributed by atoms with Crippen molar-refractivity contribution in [2.75, 3.05) is 13.2 Å². The zero-order chi connectivity index (χ0) is 17.3. The quantitative estimate of drug-likeness (QED) is 0.817. The third kappa shape index (κ3) is 3.80. The van der Waals surface area contributed by atoms with Gasteiger partial charge < -0.3 is 9.84 Å². The Morgan fingerprint density at radius 3 is 2.48 bits per heavy atom. The Hall–Kier alpha value is -1.28. The van der Waals surface area contributed by atoms with E-state index in [0.29, 0.717) is 6.61 Å². The van der Waals surface area contributed by atoms with E-state index in [1.807, 2.05) is 6.92 Å². The molecular formula is C21H32O2. The van der Waals surface area contributed by atoms with Crippen molar-refractivity contribution >= 4 is 5.57 Å². The summed E-state index contributed by atoms with van der Waals surface area (Å²) < 4.78 is 5.91. The fraction of sp³-hybridized carbons (Fsp3) is 0.619. The van der Waals surface area contributed by atoms with Crippen molar-refractivity contribution in [2.45, 2.75) is 66.2 Å². The Labute approximate surface area is 141 Å². The van der Waals surface area contributed by atoms with E-state index in [0.717, 1.165) is 25.0 Å². The van der Waals surface area contributed by atoms with E-state index in [4.69, 9.17) is 4.74 Å². The molecule has 1 aliphatic carbocycles. The summed E-state index contributed by atoms with van der Waals surface area (Å²) >= 11 is 0. The van der Waals surface area contributed by atoms with Crippen molar-refractivity contribution in [3.05, 3.63) is 34.9 Å². The van der Waals surface area contributed by atoms with Gasteiger partial charge in [0.1, 0.15) is 5.75 Å². The van der Waals surface area contributed by atoms with Crippen molar-refractivity contribution in [1.82, 2.24) is 0 Å². The molecule has 1 aliphatic rings. The summed E-state index contributed by atoms with van der Waals surface area (Å²) in [5.74, 6) is 0.989. The van der Waals surface area contributed by atoms with Crippen LogP contribution in [0.4, 0.5) is 0 Å². The normalized spacial score (nSPS) is 16.7. The van der Waals surface area contributed by atoms with Crippen LogP contribution in [0.25, 0.3) is 5.57 Å². The lowest BCUT2D eigenvalue weighted by molar-refractivity contribution is 0.286. The van der Waals surface area contributed by atoms with Crippen molar-refractivity contribution in [2.24, 2.45) is 5.41 Å². The van der Waals surface area contributed by atoms with Crippen LogP contribution in [0.3, 0.4) is 0 Å². The summed E-state index contributed by atoms with van der Waals surface area (Å²) in [5, 5.41) is 9.20. The SMILES string of the molecule is CCOc1cc2c(cc1CCCO)C(C(C)(C)C)=CCC2(C)C. The molecule has 0 spiro atoms. The average molecular weight is 316 g/mol. The van der Waals surface area contributed by atoms with Crippen LogP contribution in [0, 0.1) is 5.41 Å². The van der Waals surface area contributed by atoms with E-state index in [9.17, 15) is 5.11 Å². The first kappa shape index (κ1) is 18.1. The molecule has 1 aromatic rings. The van der Waals surface area contributed by atoms with Crippen LogP contribution in [0.2, 0.25) is 0 Å². The first-order chi connectivity index (χ1) is 10.7. The summed E-state index contributed by atoms with van der Waals surface area (Å²) in [6, 6.07) is 4.57. The molecule has 0 saturated heterocycles. The fourth-order valence-electron chi connectivity index (χ4n) is 3.45. The van der Waals surface area contributed by atoms with Gasteiger partial charge in [-0.25, -0.2) is 0 Å². The monoisotopic (exact) mass is 316 g/mol. The molecule has 128 valence electrons. The predicted octanol–water partition coefficient (Wildman–Crippen LogP) is 5.12. The molecule has 0 aliphatic heterocycles. The number of aliphatic hydroxyl groups excluding tert-OH is 1. The summed E-state index contributed by atoms with van der Waals surface area (Å²) in [4.78, 5) is 0. The first-order valence-corrected chi connectivity index (χ1v) is 8.82. The Balaban J connectivity index is 2.61. The highest BCUT2D eigenvalue weighted by atomic mass is 16.5. The van der Waals surface area contributed by atoms with E-state index >= 15 is 0 Å². The highest BCUT2D eigenvalue weighted by Crippen LogP contribution is 2.47. The molecular weight excluding hydrogens is 284 g/mol. The zero-order valence-electron chi connectivity index (χ0n) is 15.6. The number of fused-ring (bicyclic) bond motifs is 1. The standard InChI is InChI=1S/C21H32O2/c1-7-23-19-14-18-16(13-15(19)9-8-12-22)17(20(2,3)4)10-11-21(18,5)6/h10,13-14,22H,7-9,11-12H2,1-6H3. The predicted molar refractivity (Wildman–Crippen MR) is 98.1 cm³/mol. The van der Waals surface area contributed by atoms with Crippen LogP contribution < -0.4 is 4.74 Å². The maximum absolute atomic E-state index is 9.20. The van der Waals surface area contributed by atoms with Gasteiger partial charge in [0, 0.05) is 6.61 Å². The van der Waals surface area contributed by atoms with Gasteiger partial charge >= 0.3 is 0 Å². The molecule has 0 bridgehead atoms. The Kier molecular flexibility index (Phi) is 5.25. The molecule has 1 N–H and O–H groups in total. The number of aryl methyl sites for hydroxylation is 1. The van der Waals surface area contributed by atoms with Crippen LogP contribution in [0.1, 0.15) is 71.1 Å². The number of ether oxygens (including phenoxy) is 1. The summed E-state index contributed by atoms with van der Waals surface area (Å²) in [6.45, 7) is 14.4. The highest BCUT2D eigenvalue weighted by Gasteiger charge is 2.33.